The van der Waals surface area contributed by atoms with Crippen LogP contribution in [-0.4, -0.2) is 0 Å². The summed E-state index contributed by atoms with van der Waals surface area (Å²) in [6.07, 6.45) is 0. The zero-order valence-electron chi connectivity index (χ0n) is 45.5. The molecule has 0 saturated heterocycles. The lowest BCUT2D eigenvalue weighted by Gasteiger charge is -2.20. The highest BCUT2D eigenvalue weighted by atomic mass is 16.3. The van der Waals surface area contributed by atoms with E-state index in [1.807, 2.05) is 0 Å². The Morgan fingerprint density at radius 1 is 0.143 bits per heavy atom. The van der Waals surface area contributed by atoms with E-state index in [2.05, 4.69) is 291 Å². The van der Waals surface area contributed by atoms with Crippen molar-refractivity contribution in [2.75, 3.05) is 0 Å². The van der Waals surface area contributed by atoms with Crippen LogP contribution in [0.4, 0.5) is 0 Å². The molecular weight excluding hydrogens is 1020 g/mol. The molecule has 0 amide bonds. The van der Waals surface area contributed by atoms with Crippen molar-refractivity contribution in [2.45, 2.75) is 0 Å². The van der Waals surface area contributed by atoms with Crippen LogP contribution in [-0.2, 0) is 0 Å². The summed E-state index contributed by atoms with van der Waals surface area (Å²) in [6, 6.07) is 107. The molecule has 0 saturated carbocycles. The van der Waals surface area contributed by atoms with Gasteiger partial charge in [-0.15, -0.1) is 0 Å². The summed E-state index contributed by atoms with van der Waals surface area (Å²) in [5, 5.41) is 21.3. The van der Waals surface area contributed by atoms with Crippen molar-refractivity contribution in [3.05, 3.63) is 291 Å². The second-order valence-corrected chi connectivity index (χ2v) is 22.6. The highest BCUT2D eigenvalue weighted by Crippen LogP contribution is 2.49. The van der Waals surface area contributed by atoms with Crippen LogP contribution in [0.2, 0.25) is 0 Å². The molecule has 2 nitrogen and oxygen atoms in total. The lowest BCUT2D eigenvalue weighted by atomic mass is 9.83. The van der Waals surface area contributed by atoms with Crippen molar-refractivity contribution in [1.29, 1.82) is 0 Å². The molecule has 16 aromatic carbocycles. The molecule has 0 N–H and O–H groups in total. The van der Waals surface area contributed by atoms with Gasteiger partial charge in [0.25, 0.3) is 0 Å². The van der Waals surface area contributed by atoms with E-state index in [1.54, 1.807) is 0 Å². The van der Waals surface area contributed by atoms with Crippen LogP contribution in [0, 0.1) is 0 Å². The van der Waals surface area contributed by atoms with Crippen molar-refractivity contribution < 1.29 is 8.83 Å². The number of hydrogen-bond acceptors (Lipinski definition) is 2. The molecule has 0 aliphatic rings. The van der Waals surface area contributed by atoms with Crippen LogP contribution in [0.3, 0.4) is 0 Å². The third-order valence-electron chi connectivity index (χ3n) is 17.9. The molecule has 0 unspecified atom stereocenters. The van der Waals surface area contributed by atoms with Crippen LogP contribution in [0.15, 0.2) is 300 Å². The van der Waals surface area contributed by atoms with Gasteiger partial charge in [0, 0.05) is 21.5 Å². The fraction of sp³-hybridized carbons (Fsp3) is 0. The standard InChI is InChI=1S/C82H48O2/c1-2-16-50(17-3-1)79-65-25-10-12-27-67(65)81(60-24-14-23-52(40-60)59-31-35-63-71-41-53-19-6-8-21-55(53)45-77(71)83-75(63)47-59)73-43-57(32-37-69(73)79)58-33-38-70-74(44-58)82(61-30-29-49-15-4-5-18-51(49)39-61)68-28-13-11-26-66(68)80(70)62-34-36-64-72-42-54-20-7-9-22-56(54)46-78(72)84-76(64)48-62/h1-48H. The predicted octanol–water partition coefficient (Wildman–Crippen LogP) is 23.6. The first-order valence-electron chi connectivity index (χ1n) is 28.9. The minimum absolute atomic E-state index is 0.881. The molecule has 2 heterocycles. The normalized spacial score (nSPS) is 12.0. The van der Waals surface area contributed by atoms with Gasteiger partial charge in [-0.05, 0) is 215 Å². The first-order valence-corrected chi connectivity index (χ1v) is 28.9. The van der Waals surface area contributed by atoms with E-state index >= 15 is 0 Å². The summed E-state index contributed by atoms with van der Waals surface area (Å²) in [5.74, 6) is 0. The molecule has 0 bridgehead atoms. The summed E-state index contributed by atoms with van der Waals surface area (Å²) < 4.78 is 13.4. The summed E-state index contributed by atoms with van der Waals surface area (Å²) >= 11 is 0. The molecule has 0 radical (unpaired) electrons. The summed E-state index contributed by atoms with van der Waals surface area (Å²) in [7, 11) is 0. The van der Waals surface area contributed by atoms with Gasteiger partial charge in [-0.2, -0.15) is 0 Å². The van der Waals surface area contributed by atoms with Crippen LogP contribution < -0.4 is 0 Å². The highest BCUT2D eigenvalue weighted by molar-refractivity contribution is 6.25. The maximum absolute atomic E-state index is 6.76. The van der Waals surface area contributed by atoms with E-state index in [4.69, 9.17) is 8.83 Å². The van der Waals surface area contributed by atoms with Crippen LogP contribution in [0.25, 0.3) is 186 Å². The average molecular weight is 1070 g/mol. The average Bonchev–Trinajstić information content (AvgIpc) is 2.01. The maximum Gasteiger partial charge on any atom is 0.136 e. The van der Waals surface area contributed by atoms with Crippen molar-refractivity contribution >= 4 is 119 Å². The van der Waals surface area contributed by atoms with Gasteiger partial charge in [-0.25, -0.2) is 0 Å². The first kappa shape index (κ1) is 46.7. The van der Waals surface area contributed by atoms with Crippen molar-refractivity contribution in [2.24, 2.45) is 0 Å². The molecule has 18 rings (SSSR count). The first-order chi connectivity index (χ1) is 41.6. The van der Waals surface area contributed by atoms with Crippen molar-refractivity contribution in [1.82, 2.24) is 0 Å². The molecule has 0 aliphatic carbocycles. The zero-order chi connectivity index (χ0) is 55.0. The Balaban J connectivity index is 0.859. The Hall–Kier alpha value is -11.1. The Morgan fingerprint density at radius 2 is 0.464 bits per heavy atom. The maximum atomic E-state index is 6.76. The smallest absolute Gasteiger partial charge is 0.136 e. The van der Waals surface area contributed by atoms with Crippen molar-refractivity contribution in [3.63, 3.8) is 0 Å². The second-order valence-electron chi connectivity index (χ2n) is 22.6. The van der Waals surface area contributed by atoms with Gasteiger partial charge < -0.3 is 8.83 Å². The summed E-state index contributed by atoms with van der Waals surface area (Å²) in [4.78, 5) is 0. The molecule has 18 aromatic rings. The molecular formula is C82H48O2. The molecule has 84 heavy (non-hydrogen) atoms. The second kappa shape index (κ2) is 18.2. The number of fused-ring (bicyclic) bond motifs is 13. The molecule has 0 aliphatic heterocycles. The fourth-order valence-electron chi connectivity index (χ4n) is 14.0. The van der Waals surface area contributed by atoms with Crippen LogP contribution >= 0.6 is 0 Å². The lowest BCUT2D eigenvalue weighted by Crippen LogP contribution is -1.93. The predicted molar refractivity (Wildman–Crippen MR) is 356 cm³/mol. The third kappa shape index (κ3) is 7.24. The third-order valence-corrected chi connectivity index (χ3v) is 17.9. The Bertz CT molecular complexity index is 5800. The quantitative estimate of drug-likeness (QED) is 0.155. The van der Waals surface area contributed by atoms with E-state index < -0.39 is 0 Å². The number of rotatable bonds is 6. The van der Waals surface area contributed by atoms with Gasteiger partial charge >= 0.3 is 0 Å². The van der Waals surface area contributed by atoms with Crippen molar-refractivity contribution in [3.8, 4) is 66.8 Å². The Kier molecular flexibility index (Phi) is 10.1. The van der Waals surface area contributed by atoms with Crippen LogP contribution in [0.1, 0.15) is 0 Å². The Morgan fingerprint density at radius 3 is 1.01 bits per heavy atom. The van der Waals surface area contributed by atoms with Gasteiger partial charge in [0.15, 0.2) is 0 Å². The monoisotopic (exact) mass is 1060 g/mol. The van der Waals surface area contributed by atoms with E-state index in [1.165, 1.54) is 109 Å². The van der Waals surface area contributed by atoms with Gasteiger partial charge in [0.05, 0.1) is 0 Å². The molecule has 388 valence electrons. The molecule has 2 aromatic heterocycles. The minimum atomic E-state index is 0.881. The largest absolute Gasteiger partial charge is 0.456 e. The Labute approximate surface area is 483 Å². The molecule has 0 fully saturated rings. The van der Waals surface area contributed by atoms with Crippen LogP contribution in [0.5, 0.6) is 0 Å². The van der Waals surface area contributed by atoms with E-state index in [9.17, 15) is 0 Å². The highest BCUT2D eigenvalue weighted by Gasteiger charge is 2.22. The molecule has 0 atom stereocenters. The molecule has 2 heteroatoms. The fourth-order valence-corrected chi connectivity index (χ4v) is 14.0. The SMILES string of the molecule is c1ccc(-c2c3ccccc3c(-c3cccc(-c4ccc5c(c4)oc4cc6ccccc6cc45)c3)c3cc(-c4ccc5c(-c6ccc7c(c6)oc6cc8ccccc8cc67)c6ccccc6c(-c6ccc7ccccc7c6)c5c4)ccc23)cc1. The molecule has 0 spiro atoms. The van der Waals surface area contributed by atoms with Gasteiger partial charge in [0.2, 0.25) is 0 Å². The van der Waals surface area contributed by atoms with E-state index in [-0.39, 0.29) is 0 Å². The summed E-state index contributed by atoms with van der Waals surface area (Å²) in [6.45, 7) is 0. The van der Waals surface area contributed by atoms with E-state index in [0.29, 0.717) is 0 Å². The van der Waals surface area contributed by atoms with Gasteiger partial charge in [-0.1, -0.05) is 218 Å². The topological polar surface area (TPSA) is 26.3 Å². The summed E-state index contributed by atoms with van der Waals surface area (Å²) in [5.41, 5.74) is 17.6. The number of furan rings is 2. The van der Waals surface area contributed by atoms with Gasteiger partial charge in [0.1, 0.15) is 22.3 Å². The lowest BCUT2D eigenvalue weighted by molar-refractivity contribution is 0.669. The van der Waals surface area contributed by atoms with E-state index in [0.717, 1.165) is 77.3 Å². The van der Waals surface area contributed by atoms with Gasteiger partial charge in [-0.3, -0.25) is 0 Å². The number of hydrogen-bond donors (Lipinski definition) is 0. The zero-order valence-corrected chi connectivity index (χ0v) is 45.5. The number of benzene rings is 16. The minimum Gasteiger partial charge on any atom is -0.456 e.